The van der Waals surface area contributed by atoms with Crippen molar-refractivity contribution in [1.29, 1.82) is 0 Å². The summed E-state index contributed by atoms with van der Waals surface area (Å²) in [4.78, 5) is 26.0. The molecule has 1 amide bonds. The number of esters is 1. The van der Waals surface area contributed by atoms with Crippen molar-refractivity contribution in [1.82, 2.24) is 4.90 Å². The van der Waals surface area contributed by atoms with Crippen molar-refractivity contribution in [2.45, 2.75) is 6.10 Å². The first-order valence-corrected chi connectivity index (χ1v) is 7.51. The fraction of sp³-hybridized carbons (Fsp3) is 0.176. The summed E-state index contributed by atoms with van der Waals surface area (Å²) in [5.41, 5.74) is 1.03. The molecular formula is C17H16BrNO3. The number of hydrogen-bond donors (Lipinski definition) is 0. The second-order valence-corrected chi connectivity index (χ2v) is 5.85. The number of halogens is 1. The van der Waals surface area contributed by atoms with Crippen molar-refractivity contribution in [3.05, 3.63) is 70.2 Å². The van der Waals surface area contributed by atoms with Gasteiger partial charge in [-0.25, -0.2) is 4.79 Å². The molecule has 0 bridgehead atoms. The Hall–Kier alpha value is -2.14. The van der Waals surface area contributed by atoms with Gasteiger partial charge in [-0.2, -0.15) is 0 Å². The number of rotatable bonds is 4. The third-order valence-corrected chi connectivity index (χ3v) is 3.55. The standard InChI is InChI=1S/C17H16BrNO3/c1-19(2)16(20)15(12-7-4-3-5-8-12)22-17(21)13-9-6-10-14(18)11-13/h3-11,15H,1-2H3/t15-/m0/s1. The molecular weight excluding hydrogens is 346 g/mol. The minimum Gasteiger partial charge on any atom is -0.444 e. The summed E-state index contributed by atoms with van der Waals surface area (Å²) in [5.74, 6) is -0.820. The quantitative estimate of drug-likeness (QED) is 0.783. The van der Waals surface area contributed by atoms with Gasteiger partial charge in [-0.3, -0.25) is 4.79 Å². The van der Waals surface area contributed by atoms with Gasteiger partial charge in [-0.1, -0.05) is 52.3 Å². The molecule has 0 aliphatic heterocycles. The van der Waals surface area contributed by atoms with Gasteiger partial charge < -0.3 is 9.64 Å². The van der Waals surface area contributed by atoms with Crippen LogP contribution in [0.15, 0.2) is 59.1 Å². The number of likely N-dealkylation sites (N-methyl/N-ethyl adjacent to an activating group) is 1. The van der Waals surface area contributed by atoms with E-state index in [9.17, 15) is 9.59 Å². The van der Waals surface area contributed by atoms with Crippen molar-refractivity contribution in [2.24, 2.45) is 0 Å². The molecule has 4 nitrogen and oxygen atoms in total. The van der Waals surface area contributed by atoms with Crippen LogP contribution in [0.4, 0.5) is 0 Å². The Morgan fingerprint density at radius 1 is 1.05 bits per heavy atom. The van der Waals surface area contributed by atoms with Crippen molar-refractivity contribution < 1.29 is 14.3 Å². The molecule has 5 heteroatoms. The topological polar surface area (TPSA) is 46.6 Å². The molecule has 0 radical (unpaired) electrons. The predicted octanol–water partition coefficient (Wildman–Crippen LogP) is 3.44. The number of amides is 1. The maximum Gasteiger partial charge on any atom is 0.339 e. The highest BCUT2D eigenvalue weighted by molar-refractivity contribution is 9.10. The highest BCUT2D eigenvalue weighted by Gasteiger charge is 2.26. The summed E-state index contributed by atoms with van der Waals surface area (Å²) in [6, 6.07) is 15.8. The number of hydrogen-bond acceptors (Lipinski definition) is 3. The predicted molar refractivity (Wildman–Crippen MR) is 87.4 cm³/mol. The molecule has 0 aliphatic rings. The minimum absolute atomic E-state index is 0.283. The van der Waals surface area contributed by atoms with Crippen molar-refractivity contribution >= 4 is 27.8 Å². The van der Waals surface area contributed by atoms with Gasteiger partial charge in [-0.15, -0.1) is 0 Å². The van der Waals surface area contributed by atoms with Crippen molar-refractivity contribution in [2.75, 3.05) is 14.1 Å². The van der Waals surface area contributed by atoms with Gasteiger partial charge in [0.15, 0.2) is 0 Å². The van der Waals surface area contributed by atoms with Crippen LogP contribution in [0.5, 0.6) is 0 Å². The normalized spacial score (nSPS) is 11.6. The summed E-state index contributed by atoms with van der Waals surface area (Å²) in [6.45, 7) is 0. The first-order chi connectivity index (χ1) is 10.5. The molecule has 0 aliphatic carbocycles. The Labute approximate surface area is 137 Å². The Kier molecular flexibility index (Phi) is 5.33. The van der Waals surface area contributed by atoms with Gasteiger partial charge in [-0.05, 0) is 18.2 Å². The summed E-state index contributed by atoms with van der Waals surface area (Å²) >= 11 is 3.31. The van der Waals surface area contributed by atoms with Gasteiger partial charge in [0.1, 0.15) is 0 Å². The summed E-state index contributed by atoms with van der Waals surface area (Å²) in [5, 5.41) is 0. The second kappa shape index (κ2) is 7.22. The molecule has 0 spiro atoms. The van der Waals surface area contributed by atoms with E-state index in [4.69, 9.17) is 4.74 Å². The first-order valence-electron chi connectivity index (χ1n) is 6.71. The van der Waals surface area contributed by atoms with E-state index in [1.54, 1.807) is 56.6 Å². The fourth-order valence-corrected chi connectivity index (χ4v) is 2.31. The van der Waals surface area contributed by atoms with E-state index < -0.39 is 12.1 Å². The lowest BCUT2D eigenvalue weighted by molar-refractivity contribution is -0.138. The van der Waals surface area contributed by atoms with Crippen LogP contribution in [-0.4, -0.2) is 30.9 Å². The SMILES string of the molecule is CN(C)C(=O)[C@@H](OC(=O)c1cccc(Br)c1)c1ccccc1. The minimum atomic E-state index is -0.956. The third kappa shape index (κ3) is 3.95. The number of carbonyl (C=O) groups is 2. The van der Waals surface area contributed by atoms with Crippen molar-refractivity contribution in [3.63, 3.8) is 0 Å². The number of nitrogens with zero attached hydrogens (tertiary/aromatic N) is 1. The zero-order chi connectivity index (χ0) is 16.1. The largest absolute Gasteiger partial charge is 0.444 e. The summed E-state index contributed by atoms with van der Waals surface area (Å²) in [6.07, 6.45) is -0.956. The van der Waals surface area contributed by atoms with E-state index in [1.165, 1.54) is 4.90 Å². The average molecular weight is 362 g/mol. The van der Waals surface area contributed by atoms with Crippen LogP contribution in [0, 0.1) is 0 Å². The van der Waals surface area contributed by atoms with E-state index in [1.807, 2.05) is 12.1 Å². The smallest absolute Gasteiger partial charge is 0.339 e. The summed E-state index contributed by atoms with van der Waals surface area (Å²) in [7, 11) is 3.26. The van der Waals surface area contributed by atoms with E-state index in [0.29, 0.717) is 11.1 Å². The Balaban J connectivity index is 2.27. The molecule has 22 heavy (non-hydrogen) atoms. The molecule has 0 saturated carbocycles. The molecule has 0 heterocycles. The Bertz CT molecular complexity index is 671. The van der Waals surface area contributed by atoms with Crippen molar-refractivity contribution in [3.8, 4) is 0 Å². The van der Waals surface area contributed by atoms with E-state index in [-0.39, 0.29) is 5.91 Å². The molecule has 0 unspecified atom stereocenters. The molecule has 2 rings (SSSR count). The zero-order valence-corrected chi connectivity index (χ0v) is 13.9. The molecule has 0 aromatic heterocycles. The molecule has 2 aromatic carbocycles. The molecule has 0 fully saturated rings. The van der Waals surface area contributed by atoms with E-state index in [2.05, 4.69) is 15.9 Å². The number of ether oxygens (including phenoxy) is 1. The average Bonchev–Trinajstić information content (AvgIpc) is 2.52. The first kappa shape index (κ1) is 16.2. The van der Waals surface area contributed by atoms with Crippen LogP contribution in [0.3, 0.4) is 0 Å². The Morgan fingerprint density at radius 2 is 1.73 bits per heavy atom. The molecule has 2 aromatic rings. The summed E-state index contributed by atoms with van der Waals surface area (Å²) < 4.78 is 6.22. The van der Waals surface area contributed by atoms with Crippen LogP contribution in [0.25, 0.3) is 0 Å². The van der Waals surface area contributed by atoms with E-state index in [0.717, 1.165) is 4.47 Å². The highest BCUT2D eigenvalue weighted by atomic mass is 79.9. The van der Waals surface area contributed by atoms with E-state index >= 15 is 0 Å². The molecule has 1 atom stereocenters. The van der Waals surface area contributed by atoms with Gasteiger partial charge in [0.25, 0.3) is 5.91 Å². The lowest BCUT2D eigenvalue weighted by Crippen LogP contribution is -2.31. The van der Waals surface area contributed by atoms with Crippen LogP contribution < -0.4 is 0 Å². The molecule has 0 N–H and O–H groups in total. The second-order valence-electron chi connectivity index (χ2n) is 4.94. The maximum absolute atomic E-state index is 12.3. The van der Waals surface area contributed by atoms with Gasteiger partial charge >= 0.3 is 5.97 Å². The lowest BCUT2D eigenvalue weighted by atomic mass is 10.1. The van der Waals surface area contributed by atoms with Gasteiger partial charge in [0.2, 0.25) is 6.10 Å². The monoisotopic (exact) mass is 361 g/mol. The van der Waals surface area contributed by atoms with Gasteiger partial charge in [0, 0.05) is 24.1 Å². The van der Waals surface area contributed by atoms with Gasteiger partial charge in [0.05, 0.1) is 5.56 Å². The zero-order valence-electron chi connectivity index (χ0n) is 12.3. The molecule has 0 saturated heterocycles. The number of carbonyl (C=O) groups excluding carboxylic acids is 2. The van der Waals surface area contributed by atoms with Crippen LogP contribution in [0.2, 0.25) is 0 Å². The Morgan fingerprint density at radius 3 is 2.32 bits per heavy atom. The lowest BCUT2D eigenvalue weighted by Gasteiger charge is -2.21. The maximum atomic E-state index is 12.3. The highest BCUT2D eigenvalue weighted by Crippen LogP contribution is 2.22. The molecule has 114 valence electrons. The third-order valence-electron chi connectivity index (χ3n) is 3.05. The van der Waals surface area contributed by atoms with Crippen LogP contribution in [0.1, 0.15) is 22.0 Å². The van der Waals surface area contributed by atoms with Crippen LogP contribution >= 0.6 is 15.9 Å². The van der Waals surface area contributed by atoms with Crippen LogP contribution in [-0.2, 0) is 9.53 Å². The fourth-order valence-electron chi connectivity index (χ4n) is 1.91. The number of benzene rings is 2.